The van der Waals surface area contributed by atoms with Crippen molar-refractivity contribution in [2.75, 3.05) is 11.1 Å². The summed E-state index contributed by atoms with van der Waals surface area (Å²) in [6.07, 6.45) is 0. The molecule has 0 aliphatic carbocycles. The van der Waals surface area contributed by atoms with Crippen molar-refractivity contribution in [3.05, 3.63) is 65.5 Å². The lowest BCUT2D eigenvalue weighted by atomic mass is 10.2. The first kappa shape index (κ1) is 15.1. The predicted octanol–water partition coefficient (Wildman–Crippen LogP) is 3.57. The number of hydrogen-bond donors (Lipinski definition) is 1. The first-order chi connectivity index (χ1) is 10.2. The Bertz CT molecular complexity index is 682. The van der Waals surface area contributed by atoms with Crippen LogP contribution >= 0.6 is 11.8 Å². The minimum absolute atomic E-state index is 0.181. The van der Waals surface area contributed by atoms with E-state index in [1.807, 2.05) is 12.1 Å². The molecule has 0 unspecified atom stereocenters. The number of hydrogen-bond acceptors (Lipinski definition) is 3. The van der Waals surface area contributed by atoms with Crippen LogP contribution in [0.1, 0.15) is 11.1 Å². The molecule has 2 rings (SSSR count). The van der Waals surface area contributed by atoms with E-state index in [0.717, 1.165) is 5.56 Å². The van der Waals surface area contributed by atoms with Crippen LogP contribution in [-0.2, 0) is 10.5 Å². The Balaban J connectivity index is 1.84. The normalized spacial score (nSPS) is 9.90. The summed E-state index contributed by atoms with van der Waals surface area (Å²) in [6.45, 7) is 0. The molecule has 0 aliphatic heterocycles. The third-order valence-corrected chi connectivity index (χ3v) is 3.72. The number of nitriles is 1. The van der Waals surface area contributed by atoms with Crippen molar-refractivity contribution in [1.82, 2.24) is 0 Å². The van der Waals surface area contributed by atoms with Gasteiger partial charge in [-0.2, -0.15) is 5.26 Å². The van der Waals surface area contributed by atoms with Gasteiger partial charge in [-0.3, -0.25) is 4.79 Å². The minimum atomic E-state index is -0.277. The number of carbonyl (C=O) groups is 1. The molecular weight excluding hydrogens is 287 g/mol. The molecule has 2 aromatic rings. The second-order valence-electron chi connectivity index (χ2n) is 4.33. The highest BCUT2D eigenvalue weighted by Gasteiger charge is 2.06. The van der Waals surface area contributed by atoms with Crippen LogP contribution in [0.3, 0.4) is 0 Å². The van der Waals surface area contributed by atoms with Gasteiger partial charge < -0.3 is 5.32 Å². The third kappa shape index (κ3) is 4.62. The summed E-state index contributed by atoms with van der Waals surface area (Å²) in [5, 5.41) is 11.6. The van der Waals surface area contributed by atoms with Gasteiger partial charge in [0.05, 0.1) is 17.0 Å². The Labute approximate surface area is 126 Å². The molecule has 0 radical (unpaired) electrons. The number of thioether (sulfide) groups is 1. The molecule has 0 aliphatic rings. The van der Waals surface area contributed by atoms with Crippen molar-refractivity contribution in [3.63, 3.8) is 0 Å². The van der Waals surface area contributed by atoms with Crippen LogP contribution in [-0.4, -0.2) is 11.7 Å². The van der Waals surface area contributed by atoms with Gasteiger partial charge in [0.15, 0.2) is 0 Å². The molecule has 21 heavy (non-hydrogen) atoms. The molecule has 0 fully saturated rings. The van der Waals surface area contributed by atoms with Gasteiger partial charge in [-0.25, -0.2) is 4.39 Å². The van der Waals surface area contributed by atoms with Crippen molar-refractivity contribution < 1.29 is 9.18 Å². The van der Waals surface area contributed by atoms with Gasteiger partial charge >= 0.3 is 0 Å². The van der Waals surface area contributed by atoms with Gasteiger partial charge in [0.1, 0.15) is 11.9 Å². The monoisotopic (exact) mass is 300 g/mol. The van der Waals surface area contributed by atoms with Crippen LogP contribution in [0.15, 0.2) is 48.5 Å². The lowest BCUT2D eigenvalue weighted by molar-refractivity contribution is -0.113. The van der Waals surface area contributed by atoms with E-state index in [-0.39, 0.29) is 17.5 Å². The standard InChI is InChI=1S/C16H13FN2OS/c17-14-6-3-4-12(8-14)10-21-11-16(20)19-15-7-2-1-5-13(15)9-18/h1-8H,10-11H2,(H,19,20). The molecule has 106 valence electrons. The van der Waals surface area contributed by atoms with Crippen LogP contribution in [0.25, 0.3) is 0 Å². The number of anilines is 1. The van der Waals surface area contributed by atoms with E-state index in [1.165, 1.54) is 23.9 Å². The Morgan fingerprint density at radius 2 is 2.05 bits per heavy atom. The maximum Gasteiger partial charge on any atom is 0.234 e. The van der Waals surface area contributed by atoms with Crippen LogP contribution in [0.5, 0.6) is 0 Å². The van der Waals surface area contributed by atoms with Gasteiger partial charge in [-0.1, -0.05) is 24.3 Å². The predicted molar refractivity (Wildman–Crippen MR) is 82.3 cm³/mol. The molecule has 2 aromatic carbocycles. The van der Waals surface area contributed by atoms with Gasteiger partial charge in [0.25, 0.3) is 0 Å². The summed E-state index contributed by atoms with van der Waals surface area (Å²) < 4.78 is 13.0. The molecule has 0 aromatic heterocycles. The largest absolute Gasteiger partial charge is 0.324 e. The molecule has 1 amide bonds. The third-order valence-electron chi connectivity index (χ3n) is 2.71. The Morgan fingerprint density at radius 1 is 1.24 bits per heavy atom. The van der Waals surface area contributed by atoms with E-state index in [9.17, 15) is 9.18 Å². The molecule has 5 heteroatoms. The molecule has 0 atom stereocenters. The van der Waals surface area contributed by atoms with Crippen molar-refractivity contribution >= 4 is 23.4 Å². The van der Waals surface area contributed by atoms with Crippen LogP contribution in [0.4, 0.5) is 10.1 Å². The average molecular weight is 300 g/mol. The second kappa shape index (κ2) is 7.46. The van der Waals surface area contributed by atoms with Crippen molar-refractivity contribution in [2.24, 2.45) is 0 Å². The van der Waals surface area contributed by atoms with Gasteiger partial charge in [-0.15, -0.1) is 11.8 Å². The molecule has 0 spiro atoms. The number of amides is 1. The fourth-order valence-electron chi connectivity index (χ4n) is 1.76. The highest BCUT2D eigenvalue weighted by molar-refractivity contribution is 7.99. The summed E-state index contributed by atoms with van der Waals surface area (Å²) in [6, 6.07) is 15.2. The smallest absolute Gasteiger partial charge is 0.234 e. The zero-order valence-corrected chi connectivity index (χ0v) is 12.0. The second-order valence-corrected chi connectivity index (χ2v) is 5.31. The number of rotatable bonds is 5. The lowest BCUT2D eigenvalue weighted by Crippen LogP contribution is -2.15. The number of para-hydroxylation sites is 1. The Kier molecular flexibility index (Phi) is 5.35. The van der Waals surface area contributed by atoms with Crippen LogP contribution < -0.4 is 5.32 Å². The number of halogens is 1. The van der Waals surface area contributed by atoms with E-state index in [4.69, 9.17) is 5.26 Å². The van der Waals surface area contributed by atoms with Gasteiger partial charge in [-0.05, 0) is 29.8 Å². The Hall–Kier alpha value is -2.32. The average Bonchev–Trinajstić information content (AvgIpc) is 2.48. The van der Waals surface area contributed by atoms with Crippen molar-refractivity contribution in [1.29, 1.82) is 5.26 Å². The zero-order valence-electron chi connectivity index (χ0n) is 11.2. The van der Waals surface area contributed by atoms with E-state index in [2.05, 4.69) is 5.32 Å². The highest BCUT2D eigenvalue weighted by Crippen LogP contribution is 2.16. The van der Waals surface area contributed by atoms with Crippen LogP contribution in [0.2, 0.25) is 0 Å². The Morgan fingerprint density at radius 3 is 2.81 bits per heavy atom. The van der Waals surface area contributed by atoms with Crippen molar-refractivity contribution in [2.45, 2.75) is 5.75 Å². The first-order valence-corrected chi connectivity index (χ1v) is 7.45. The van der Waals surface area contributed by atoms with E-state index in [1.54, 1.807) is 30.3 Å². The quantitative estimate of drug-likeness (QED) is 0.918. The van der Waals surface area contributed by atoms with Crippen molar-refractivity contribution in [3.8, 4) is 6.07 Å². The number of benzene rings is 2. The number of nitrogens with zero attached hydrogens (tertiary/aromatic N) is 1. The zero-order chi connectivity index (χ0) is 15.1. The fraction of sp³-hybridized carbons (Fsp3) is 0.125. The molecule has 0 saturated heterocycles. The topological polar surface area (TPSA) is 52.9 Å². The number of carbonyl (C=O) groups excluding carboxylic acids is 1. The highest BCUT2D eigenvalue weighted by atomic mass is 32.2. The SMILES string of the molecule is N#Cc1ccccc1NC(=O)CSCc1cccc(F)c1. The fourth-order valence-corrected chi connectivity index (χ4v) is 2.54. The maximum absolute atomic E-state index is 13.0. The molecule has 0 heterocycles. The molecule has 1 N–H and O–H groups in total. The minimum Gasteiger partial charge on any atom is -0.324 e. The molecule has 0 bridgehead atoms. The number of nitrogens with one attached hydrogen (secondary N) is 1. The molecular formula is C16H13FN2OS. The molecule has 3 nitrogen and oxygen atoms in total. The summed E-state index contributed by atoms with van der Waals surface area (Å²) in [4.78, 5) is 11.8. The lowest BCUT2D eigenvalue weighted by Gasteiger charge is -2.06. The van der Waals surface area contributed by atoms with Gasteiger partial charge in [0.2, 0.25) is 5.91 Å². The maximum atomic E-state index is 13.0. The summed E-state index contributed by atoms with van der Waals surface area (Å²) in [7, 11) is 0. The van der Waals surface area contributed by atoms with E-state index in [0.29, 0.717) is 17.0 Å². The molecule has 0 saturated carbocycles. The van der Waals surface area contributed by atoms with Gasteiger partial charge in [0, 0.05) is 5.75 Å². The van der Waals surface area contributed by atoms with E-state index >= 15 is 0 Å². The van der Waals surface area contributed by atoms with E-state index < -0.39 is 0 Å². The first-order valence-electron chi connectivity index (χ1n) is 6.30. The van der Waals surface area contributed by atoms with Crippen LogP contribution in [0, 0.1) is 17.1 Å². The summed E-state index contributed by atoms with van der Waals surface area (Å²) in [5.41, 5.74) is 1.78. The summed E-state index contributed by atoms with van der Waals surface area (Å²) in [5.74, 6) is 0.348. The summed E-state index contributed by atoms with van der Waals surface area (Å²) >= 11 is 1.39.